The van der Waals surface area contributed by atoms with Crippen LogP contribution >= 0.6 is 11.6 Å². The number of nitro benzene ring substituents is 1. The normalized spacial score (nSPS) is 29.8. The van der Waals surface area contributed by atoms with Gasteiger partial charge in [-0.2, -0.15) is 15.8 Å². The summed E-state index contributed by atoms with van der Waals surface area (Å²) in [6, 6.07) is 17.5. The molecule has 2 aromatic rings. The minimum atomic E-state index is -2.16. The highest BCUT2D eigenvalue weighted by Gasteiger charge is 2.79. The van der Waals surface area contributed by atoms with Gasteiger partial charge in [-0.1, -0.05) is 30.7 Å². The Labute approximate surface area is 187 Å². The van der Waals surface area contributed by atoms with Crippen LogP contribution in [0, 0.1) is 66.3 Å². The summed E-state index contributed by atoms with van der Waals surface area (Å²) >= 11 is 6.16. The van der Waals surface area contributed by atoms with Crippen LogP contribution in [0.5, 0.6) is 0 Å². The number of benzene rings is 2. The Morgan fingerprint density at radius 3 is 2.31 bits per heavy atom. The number of nitrogens with zero attached hydrogens (tertiary/aromatic N) is 4. The molecule has 0 saturated carbocycles. The Morgan fingerprint density at radius 2 is 1.78 bits per heavy atom. The van der Waals surface area contributed by atoms with Gasteiger partial charge in [-0.15, -0.1) is 0 Å². The molecule has 4 atom stereocenters. The third-order valence-corrected chi connectivity index (χ3v) is 6.54. The third-order valence-electron chi connectivity index (χ3n) is 6.30. The molecule has 32 heavy (non-hydrogen) atoms. The van der Waals surface area contributed by atoms with Crippen molar-refractivity contribution < 1.29 is 14.4 Å². The number of nitro groups is 1. The van der Waals surface area contributed by atoms with Gasteiger partial charge in [0.2, 0.25) is 17.1 Å². The molecule has 2 aliphatic heterocycles. The van der Waals surface area contributed by atoms with Crippen molar-refractivity contribution in [1.82, 2.24) is 0 Å². The van der Waals surface area contributed by atoms with Gasteiger partial charge < -0.3 is 9.47 Å². The van der Waals surface area contributed by atoms with Crippen molar-refractivity contribution in [1.29, 1.82) is 21.2 Å². The first-order valence-corrected chi connectivity index (χ1v) is 9.80. The first-order valence-electron chi connectivity index (χ1n) is 9.42. The summed E-state index contributed by atoms with van der Waals surface area (Å²) in [5, 5.41) is 50.6. The van der Waals surface area contributed by atoms with Crippen molar-refractivity contribution in [3.63, 3.8) is 0 Å². The van der Waals surface area contributed by atoms with E-state index in [1.807, 2.05) is 18.2 Å². The summed E-state index contributed by atoms with van der Waals surface area (Å²) in [7, 11) is 0. The standard InChI is InChI=1S/C22H14ClN5O4/c1-13-21(12-26)19(27)32-22(13,15-3-2-4-16(23)9-15)31-18(20(21,10-24)11-25)14-5-7-17(8-6-14)28(29)30/h2-9,13,18,27H,1H3. The largest absolute Gasteiger partial charge is 0.443 e. The van der Waals surface area contributed by atoms with Crippen molar-refractivity contribution in [3.05, 3.63) is 74.8 Å². The molecule has 10 heteroatoms. The van der Waals surface area contributed by atoms with Gasteiger partial charge in [0.15, 0.2) is 5.41 Å². The Kier molecular flexibility index (Phi) is 4.67. The highest BCUT2D eigenvalue weighted by molar-refractivity contribution is 6.30. The van der Waals surface area contributed by atoms with E-state index in [0.29, 0.717) is 10.6 Å². The van der Waals surface area contributed by atoms with Crippen molar-refractivity contribution in [2.45, 2.75) is 18.8 Å². The molecule has 0 amide bonds. The number of halogens is 1. The van der Waals surface area contributed by atoms with E-state index < -0.39 is 39.5 Å². The van der Waals surface area contributed by atoms with Crippen LogP contribution in [0.3, 0.4) is 0 Å². The zero-order valence-corrected chi connectivity index (χ0v) is 17.3. The summed E-state index contributed by atoms with van der Waals surface area (Å²) in [5.41, 5.74) is -3.65. The van der Waals surface area contributed by atoms with Crippen LogP contribution < -0.4 is 0 Å². The van der Waals surface area contributed by atoms with Crippen LogP contribution in [-0.2, 0) is 15.3 Å². The molecule has 0 aliphatic carbocycles. The first-order chi connectivity index (χ1) is 15.2. The number of fused-ring (bicyclic) bond motifs is 2. The van der Waals surface area contributed by atoms with Gasteiger partial charge in [0.05, 0.1) is 29.0 Å². The summed E-state index contributed by atoms with van der Waals surface area (Å²) < 4.78 is 12.2. The molecule has 2 bridgehead atoms. The lowest BCUT2D eigenvalue weighted by Gasteiger charge is -2.48. The number of nitrogens with one attached hydrogen (secondary N) is 1. The van der Waals surface area contributed by atoms with E-state index in [1.165, 1.54) is 24.3 Å². The number of nitriles is 3. The topological polar surface area (TPSA) is 157 Å². The minimum Gasteiger partial charge on any atom is -0.443 e. The molecule has 0 spiro atoms. The fourth-order valence-electron chi connectivity index (χ4n) is 4.64. The second-order valence-electron chi connectivity index (χ2n) is 7.63. The van der Waals surface area contributed by atoms with Crippen molar-refractivity contribution >= 4 is 23.2 Å². The molecular formula is C22H14ClN5O4. The Morgan fingerprint density at radius 1 is 1.12 bits per heavy atom. The molecule has 4 rings (SSSR count). The van der Waals surface area contributed by atoms with Crippen LogP contribution in [0.1, 0.15) is 24.2 Å². The number of rotatable bonds is 3. The third kappa shape index (κ3) is 2.42. The lowest BCUT2D eigenvalue weighted by Crippen LogP contribution is -2.57. The molecule has 2 fully saturated rings. The fourth-order valence-corrected chi connectivity index (χ4v) is 4.83. The van der Waals surface area contributed by atoms with E-state index in [4.69, 9.17) is 26.5 Å². The van der Waals surface area contributed by atoms with Crippen molar-refractivity contribution in [2.24, 2.45) is 16.7 Å². The van der Waals surface area contributed by atoms with E-state index in [0.717, 1.165) is 0 Å². The highest BCUT2D eigenvalue weighted by Crippen LogP contribution is 2.69. The first kappa shape index (κ1) is 21.3. The summed E-state index contributed by atoms with van der Waals surface area (Å²) in [6.45, 7) is 1.58. The average Bonchev–Trinajstić information content (AvgIpc) is 2.95. The highest BCUT2D eigenvalue weighted by atomic mass is 35.5. The zero-order valence-electron chi connectivity index (χ0n) is 16.6. The Bertz CT molecular complexity index is 1260. The van der Waals surface area contributed by atoms with E-state index in [2.05, 4.69) is 0 Å². The average molecular weight is 448 g/mol. The molecule has 0 radical (unpaired) electrons. The summed E-state index contributed by atoms with van der Waals surface area (Å²) in [5.74, 6) is -3.17. The number of ether oxygens (including phenoxy) is 2. The van der Waals surface area contributed by atoms with Crippen LogP contribution in [0.25, 0.3) is 0 Å². The van der Waals surface area contributed by atoms with Gasteiger partial charge >= 0.3 is 0 Å². The lowest BCUT2D eigenvalue weighted by atomic mass is 9.53. The summed E-state index contributed by atoms with van der Waals surface area (Å²) in [6.07, 6.45) is -1.35. The quantitative estimate of drug-likeness (QED) is 0.540. The Hall–Kier alpha value is -3.97. The molecule has 4 unspecified atom stereocenters. The molecule has 9 nitrogen and oxygen atoms in total. The maximum absolute atomic E-state index is 11.1. The van der Waals surface area contributed by atoms with E-state index in [9.17, 15) is 25.9 Å². The second kappa shape index (κ2) is 7.03. The van der Waals surface area contributed by atoms with Crippen molar-refractivity contribution in [2.75, 3.05) is 0 Å². The molecule has 2 saturated heterocycles. The predicted molar refractivity (Wildman–Crippen MR) is 110 cm³/mol. The summed E-state index contributed by atoms with van der Waals surface area (Å²) in [4.78, 5) is 10.5. The molecule has 1 N–H and O–H groups in total. The van der Waals surface area contributed by atoms with Crippen molar-refractivity contribution in [3.8, 4) is 18.2 Å². The van der Waals surface area contributed by atoms with E-state index >= 15 is 0 Å². The molecule has 2 heterocycles. The van der Waals surface area contributed by atoms with E-state index in [1.54, 1.807) is 31.2 Å². The monoisotopic (exact) mass is 447 g/mol. The van der Waals surface area contributed by atoms with Crippen LogP contribution in [0.15, 0.2) is 48.5 Å². The molecular weight excluding hydrogens is 434 g/mol. The molecule has 0 aromatic heterocycles. The van der Waals surface area contributed by atoms with Gasteiger partial charge in [0.1, 0.15) is 6.10 Å². The maximum atomic E-state index is 11.1. The zero-order chi connectivity index (χ0) is 23.3. The number of non-ortho nitro benzene ring substituents is 1. The molecule has 2 aromatic carbocycles. The molecule has 158 valence electrons. The van der Waals surface area contributed by atoms with Gasteiger partial charge in [-0.25, -0.2) is 0 Å². The van der Waals surface area contributed by atoms with Crippen LogP contribution in [0.2, 0.25) is 5.02 Å². The van der Waals surface area contributed by atoms with Crippen LogP contribution in [-0.4, -0.2) is 10.8 Å². The fraction of sp³-hybridized carbons (Fsp3) is 0.273. The number of hydrogen-bond acceptors (Lipinski definition) is 8. The smallest absolute Gasteiger partial charge is 0.269 e. The van der Waals surface area contributed by atoms with Gasteiger partial charge in [0, 0.05) is 22.7 Å². The minimum absolute atomic E-state index is 0.191. The predicted octanol–water partition coefficient (Wildman–Crippen LogP) is 4.36. The lowest BCUT2D eigenvalue weighted by molar-refractivity contribution is -0.384. The van der Waals surface area contributed by atoms with Crippen LogP contribution in [0.4, 0.5) is 5.69 Å². The van der Waals surface area contributed by atoms with Gasteiger partial charge in [0.25, 0.3) is 5.69 Å². The van der Waals surface area contributed by atoms with E-state index in [-0.39, 0.29) is 11.3 Å². The maximum Gasteiger partial charge on any atom is 0.269 e. The Balaban J connectivity index is 2.01. The molecule has 2 aliphatic rings. The second-order valence-corrected chi connectivity index (χ2v) is 8.07. The SMILES string of the molecule is CC1C2(c3cccc(Cl)c3)OC(=N)C1(C#N)C(C#N)(C#N)C(c1ccc([N+](=O)[O-])cc1)O2. The van der Waals surface area contributed by atoms with Gasteiger partial charge in [-0.3, -0.25) is 15.5 Å². The van der Waals surface area contributed by atoms with Gasteiger partial charge in [-0.05, 0) is 29.8 Å². The number of hydrogen-bond donors (Lipinski definition) is 1.